The number of nitrogens with two attached hydrogens (primary N) is 1. The third-order valence-corrected chi connectivity index (χ3v) is 8.25. The quantitative estimate of drug-likeness (QED) is 0.314. The Morgan fingerprint density at radius 2 is 1.98 bits per heavy atom. The van der Waals surface area contributed by atoms with E-state index in [1.165, 1.54) is 30.5 Å². The van der Waals surface area contributed by atoms with E-state index in [1.54, 1.807) is 24.4 Å². The van der Waals surface area contributed by atoms with E-state index >= 15 is 0 Å². The number of thiazole rings is 1. The zero-order chi connectivity index (χ0) is 27.8. The molecule has 3 N–H and O–H groups in total. The highest BCUT2D eigenvalue weighted by atomic mass is 32.1. The highest BCUT2D eigenvalue weighted by molar-refractivity contribution is 7.15. The summed E-state index contributed by atoms with van der Waals surface area (Å²) in [6.07, 6.45) is 10.0. The summed E-state index contributed by atoms with van der Waals surface area (Å²) in [6, 6.07) is 7.80. The molecule has 1 aromatic carbocycles. The van der Waals surface area contributed by atoms with Gasteiger partial charge in [-0.25, -0.2) is 19.6 Å². The van der Waals surface area contributed by atoms with Gasteiger partial charge in [-0.05, 0) is 45.4 Å². The summed E-state index contributed by atoms with van der Waals surface area (Å²) < 4.78 is 1.87. The molecule has 206 valence electrons. The molecule has 0 unspecified atom stereocenters. The van der Waals surface area contributed by atoms with Crippen LogP contribution in [-0.2, 0) is 4.79 Å². The van der Waals surface area contributed by atoms with E-state index in [-0.39, 0.29) is 17.9 Å². The number of likely N-dealkylation sites (N-methyl/N-ethyl adjacent to an activating group) is 1. The third kappa shape index (κ3) is 5.32. The summed E-state index contributed by atoms with van der Waals surface area (Å²) >= 11 is 1.42. The molecule has 0 radical (unpaired) electrons. The molecule has 2 amide bonds. The molecule has 1 saturated carbocycles. The highest BCUT2D eigenvalue weighted by Crippen LogP contribution is 2.34. The predicted octanol–water partition coefficient (Wildman–Crippen LogP) is 3.52. The number of nitrogen functional groups attached to an aromatic ring is 1. The van der Waals surface area contributed by atoms with Gasteiger partial charge in [0.2, 0.25) is 5.91 Å². The third-order valence-electron chi connectivity index (χ3n) is 7.43. The maximum atomic E-state index is 12.8. The minimum absolute atomic E-state index is 0.0132. The van der Waals surface area contributed by atoms with Crippen LogP contribution in [0, 0.1) is 6.92 Å². The van der Waals surface area contributed by atoms with Crippen molar-refractivity contribution in [3.8, 4) is 11.3 Å². The molecular formula is C28H31N9O2S. The second-order valence-electron chi connectivity index (χ2n) is 10.4. The average molecular weight is 558 g/mol. The van der Waals surface area contributed by atoms with Crippen LogP contribution in [0.2, 0.25) is 0 Å². The largest absolute Gasteiger partial charge is 0.383 e. The topological polar surface area (TPSA) is 135 Å². The van der Waals surface area contributed by atoms with Crippen molar-refractivity contribution in [2.45, 2.75) is 38.3 Å². The number of carbonyl (C=O) groups is 2. The van der Waals surface area contributed by atoms with Crippen molar-refractivity contribution in [1.29, 1.82) is 0 Å². The normalized spacial score (nSPS) is 17.4. The second-order valence-corrected chi connectivity index (χ2v) is 11.6. The summed E-state index contributed by atoms with van der Waals surface area (Å²) in [5.41, 5.74) is 8.87. The Morgan fingerprint density at radius 3 is 2.70 bits per heavy atom. The van der Waals surface area contributed by atoms with E-state index in [1.807, 2.05) is 34.7 Å². The molecule has 0 bridgehead atoms. The molecule has 6 rings (SSSR count). The van der Waals surface area contributed by atoms with Crippen LogP contribution < -0.4 is 11.1 Å². The zero-order valence-corrected chi connectivity index (χ0v) is 23.3. The first-order valence-corrected chi connectivity index (χ1v) is 14.2. The molecule has 1 saturated heterocycles. The molecule has 1 aliphatic carbocycles. The number of aromatic nitrogens is 5. The first-order valence-electron chi connectivity index (χ1n) is 13.4. The van der Waals surface area contributed by atoms with Crippen molar-refractivity contribution in [2.24, 2.45) is 0 Å². The molecule has 11 nitrogen and oxygen atoms in total. The monoisotopic (exact) mass is 557 g/mol. The van der Waals surface area contributed by atoms with Crippen molar-refractivity contribution < 1.29 is 9.59 Å². The number of hydrogen-bond acceptors (Lipinski definition) is 9. The number of nitrogens with zero attached hydrogens (tertiary/aromatic N) is 7. The van der Waals surface area contributed by atoms with Gasteiger partial charge in [-0.15, -0.1) is 11.3 Å². The van der Waals surface area contributed by atoms with Crippen LogP contribution in [-0.4, -0.2) is 79.1 Å². The molecule has 4 heterocycles. The molecule has 12 heteroatoms. The van der Waals surface area contributed by atoms with Gasteiger partial charge in [0.05, 0.1) is 11.4 Å². The van der Waals surface area contributed by atoms with E-state index in [4.69, 9.17) is 10.8 Å². The lowest BCUT2D eigenvalue weighted by atomic mass is 10.1. The maximum absolute atomic E-state index is 12.8. The van der Waals surface area contributed by atoms with Gasteiger partial charge in [-0.3, -0.25) is 19.8 Å². The lowest BCUT2D eigenvalue weighted by molar-refractivity contribution is -0.125. The van der Waals surface area contributed by atoms with E-state index in [2.05, 4.69) is 32.2 Å². The number of nitrogens with one attached hydrogen (secondary N) is 1. The van der Waals surface area contributed by atoms with Crippen molar-refractivity contribution in [3.63, 3.8) is 0 Å². The minimum atomic E-state index is -0.233. The predicted molar refractivity (Wildman–Crippen MR) is 155 cm³/mol. The maximum Gasteiger partial charge on any atom is 0.257 e. The first kappa shape index (κ1) is 26.1. The molecule has 1 atom stereocenters. The Bertz CT molecular complexity index is 1590. The SMILES string of the molecule is Cc1cnc(NC(=O)c2ccc(-c3nn([C@@H]4CCN(C(=O)/C=C/CN(C)C5CC5)C4)c4ncnc(N)c34)cc2)s1. The van der Waals surface area contributed by atoms with E-state index < -0.39 is 0 Å². The van der Waals surface area contributed by atoms with Gasteiger partial charge in [0, 0.05) is 54.0 Å². The molecule has 40 heavy (non-hydrogen) atoms. The number of benzene rings is 1. The van der Waals surface area contributed by atoms with Crippen LogP contribution in [0.5, 0.6) is 0 Å². The Kier molecular flexibility index (Phi) is 7.03. The van der Waals surface area contributed by atoms with Crippen molar-refractivity contribution >= 4 is 45.1 Å². The zero-order valence-electron chi connectivity index (χ0n) is 22.4. The molecule has 3 aromatic heterocycles. The Labute approximate surface area is 235 Å². The second kappa shape index (κ2) is 10.8. The number of carbonyl (C=O) groups excluding carboxylic acids is 2. The van der Waals surface area contributed by atoms with Gasteiger partial charge < -0.3 is 10.6 Å². The molecule has 2 aliphatic rings. The summed E-state index contributed by atoms with van der Waals surface area (Å²) in [4.78, 5) is 43.6. The van der Waals surface area contributed by atoms with Crippen LogP contribution in [0.1, 0.15) is 40.5 Å². The summed E-state index contributed by atoms with van der Waals surface area (Å²) in [7, 11) is 2.10. The number of amides is 2. The van der Waals surface area contributed by atoms with Crippen molar-refractivity contribution in [3.05, 3.63) is 59.4 Å². The van der Waals surface area contributed by atoms with Crippen LogP contribution in [0.15, 0.2) is 48.9 Å². The van der Waals surface area contributed by atoms with Crippen molar-refractivity contribution in [2.75, 3.05) is 37.7 Å². The van der Waals surface area contributed by atoms with E-state index in [9.17, 15) is 9.59 Å². The molecular weight excluding hydrogens is 526 g/mol. The van der Waals surface area contributed by atoms with Crippen molar-refractivity contribution in [1.82, 2.24) is 34.5 Å². The van der Waals surface area contributed by atoms with Gasteiger partial charge in [0.25, 0.3) is 5.91 Å². The standard InChI is InChI=1S/C28H31N9O2S/c1-17-14-30-28(40-17)33-27(39)19-7-5-18(6-8-19)24-23-25(29)31-16-32-26(23)37(34-24)21-11-13-36(15-21)22(38)4-3-12-35(2)20-9-10-20/h3-8,14,16,20-21H,9-13,15H2,1-2H3,(H2,29,31,32)(H,30,33,39)/b4-3+/t21-/m1/s1. The number of hydrogen-bond donors (Lipinski definition) is 2. The number of aryl methyl sites for hydroxylation is 1. The van der Waals surface area contributed by atoms with E-state index in [0.29, 0.717) is 52.4 Å². The fourth-order valence-corrected chi connectivity index (χ4v) is 5.70. The van der Waals surface area contributed by atoms with Crippen LogP contribution in [0.25, 0.3) is 22.3 Å². The van der Waals surface area contributed by atoms with Crippen LogP contribution >= 0.6 is 11.3 Å². The fraction of sp³-hybridized carbons (Fsp3) is 0.357. The summed E-state index contributed by atoms with van der Waals surface area (Å²) in [5.74, 6) is 0.114. The average Bonchev–Trinajstić information content (AvgIpc) is 3.34. The first-order chi connectivity index (χ1) is 19.4. The fourth-order valence-electron chi connectivity index (χ4n) is 5.04. The van der Waals surface area contributed by atoms with Crippen LogP contribution in [0.4, 0.5) is 10.9 Å². The van der Waals surface area contributed by atoms with Gasteiger partial charge in [0.1, 0.15) is 17.8 Å². The molecule has 4 aromatic rings. The minimum Gasteiger partial charge on any atom is -0.383 e. The lowest BCUT2D eigenvalue weighted by Gasteiger charge is -2.16. The molecule has 0 spiro atoms. The van der Waals surface area contributed by atoms with Gasteiger partial charge in [-0.1, -0.05) is 18.2 Å². The highest BCUT2D eigenvalue weighted by Gasteiger charge is 2.30. The Morgan fingerprint density at radius 1 is 1.18 bits per heavy atom. The Balaban J connectivity index is 1.20. The molecule has 1 aliphatic heterocycles. The summed E-state index contributed by atoms with van der Waals surface area (Å²) in [6.45, 7) is 3.90. The van der Waals surface area contributed by atoms with Gasteiger partial charge in [0.15, 0.2) is 10.8 Å². The number of anilines is 2. The number of rotatable bonds is 8. The summed E-state index contributed by atoms with van der Waals surface area (Å²) in [5, 5.41) is 8.96. The van der Waals surface area contributed by atoms with Crippen LogP contribution in [0.3, 0.4) is 0 Å². The molecule has 2 fully saturated rings. The Hall–Kier alpha value is -4.16. The number of likely N-dealkylation sites (tertiary alicyclic amines) is 1. The number of fused-ring (bicyclic) bond motifs is 1. The smallest absolute Gasteiger partial charge is 0.257 e. The van der Waals surface area contributed by atoms with E-state index in [0.717, 1.165) is 23.4 Å². The van der Waals surface area contributed by atoms with Gasteiger partial charge >= 0.3 is 0 Å². The van der Waals surface area contributed by atoms with Gasteiger partial charge in [-0.2, -0.15) is 5.10 Å². The lowest BCUT2D eigenvalue weighted by Crippen LogP contribution is -2.28.